The van der Waals surface area contributed by atoms with Crippen LogP contribution in [0.5, 0.6) is 0 Å². The molecule has 0 aliphatic rings. The van der Waals surface area contributed by atoms with Crippen molar-refractivity contribution in [2.75, 3.05) is 6.61 Å². The quantitative estimate of drug-likeness (QED) is 0.492. The van der Waals surface area contributed by atoms with Crippen molar-refractivity contribution in [2.24, 2.45) is 0 Å². The summed E-state index contributed by atoms with van der Waals surface area (Å²) in [5.74, 6) is 0. The highest BCUT2D eigenvalue weighted by Crippen LogP contribution is 2.36. The Kier molecular flexibility index (Phi) is 4.67. The summed E-state index contributed by atoms with van der Waals surface area (Å²) in [6, 6.07) is 0. The molecule has 68 valence electrons. The van der Waals surface area contributed by atoms with Gasteiger partial charge in [-0.05, 0) is 18.0 Å². The molecule has 0 amide bonds. The van der Waals surface area contributed by atoms with Crippen LogP contribution < -0.4 is 0 Å². The van der Waals surface area contributed by atoms with Crippen molar-refractivity contribution in [1.29, 1.82) is 0 Å². The van der Waals surface area contributed by atoms with E-state index in [1.54, 1.807) is 0 Å². The van der Waals surface area contributed by atoms with Crippen LogP contribution in [0.2, 0.25) is 11.1 Å². The van der Waals surface area contributed by atoms with Gasteiger partial charge < -0.3 is 4.43 Å². The Morgan fingerprint density at radius 3 is 1.64 bits per heavy atom. The van der Waals surface area contributed by atoms with E-state index < -0.39 is 7.63 Å². The molecule has 0 saturated heterocycles. The van der Waals surface area contributed by atoms with Crippen LogP contribution in [0.4, 0.5) is 0 Å². The Morgan fingerprint density at radius 1 is 1.18 bits per heavy atom. The van der Waals surface area contributed by atoms with Crippen LogP contribution in [-0.2, 0) is 4.43 Å². The minimum absolute atomic E-state index is 0.490. The lowest BCUT2D eigenvalue weighted by Gasteiger charge is -2.31. The summed E-state index contributed by atoms with van der Waals surface area (Å²) < 4.78 is 5.66. The molecule has 0 aromatic rings. The molecule has 0 aromatic carbocycles. The van der Waals surface area contributed by atoms with Crippen molar-refractivity contribution in [1.82, 2.24) is 0 Å². The lowest BCUT2D eigenvalue weighted by Crippen LogP contribution is -2.38. The van der Waals surface area contributed by atoms with Crippen LogP contribution >= 0.6 is 11.1 Å². The van der Waals surface area contributed by atoms with Gasteiger partial charge in [0, 0.05) is 6.61 Å². The van der Waals surface area contributed by atoms with Crippen molar-refractivity contribution in [2.45, 2.75) is 45.7 Å². The normalized spacial score (nSPS) is 13.1. The maximum Gasteiger partial charge on any atom is 0.295 e. The van der Waals surface area contributed by atoms with Gasteiger partial charge in [-0.15, -0.1) is 11.1 Å². The number of hydrogen-bond donors (Lipinski definition) is 0. The third kappa shape index (κ3) is 2.77. The van der Waals surface area contributed by atoms with Gasteiger partial charge in [0.05, 0.1) is 0 Å². The molecule has 0 radical (unpaired) electrons. The number of hydrogen-bond acceptors (Lipinski definition) is 1. The highest BCUT2D eigenvalue weighted by molar-refractivity contribution is 7.18. The van der Waals surface area contributed by atoms with E-state index in [4.69, 9.17) is 15.5 Å². The first-order valence-corrected chi connectivity index (χ1v) is 7.35. The number of rotatable bonds is 4. The molecule has 0 aromatic heterocycles. The minimum atomic E-state index is -1.93. The largest absolute Gasteiger partial charge is 0.403 e. The molecular formula is C8H19ClOSi. The Labute approximate surface area is 75.9 Å². The zero-order chi connectivity index (χ0) is 9.07. The minimum Gasteiger partial charge on any atom is -0.403 e. The van der Waals surface area contributed by atoms with Gasteiger partial charge >= 0.3 is 0 Å². The fourth-order valence-electron chi connectivity index (χ4n) is 1.22. The van der Waals surface area contributed by atoms with Gasteiger partial charge in [0.1, 0.15) is 0 Å². The molecule has 0 spiro atoms. The van der Waals surface area contributed by atoms with Gasteiger partial charge in [-0.3, -0.25) is 0 Å². The maximum absolute atomic E-state index is 6.43. The van der Waals surface area contributed by atoms with Crippen molar-refractivity contribution in [3.63, 3.8) is 0 Å². The van der Waals surface area contributed by atoms with E-state index >= 15 is 0 Å². The molecule has 0 atom stereocenters. The van der Waals surface area contributed by atoms with Crippen LogP contribution in [0.1, 0.15) is 34.6 Å². The summed E-state index contributed by atoms with van der Waals surface area (Å²) in [6.07, 6.45) is 0. The van der Waals surface area contributed by atoms with Crippen molar-refractivity contribution in [3.8, 4) is 0 Å². The summed E-state index contributed by atoms with van der Waals surface area (Å²) in [5, 5.41) is 0. The highest BCUT2D eigenvalue weighted by Gasteiger charge is 2.39. The molecule has 0 unspecified atom stereocenters. The first-order valence-electron chi connectivity index (χ1n) is 4.28. The van der Waals surface area contributed by atoms with Crippen LogP contribution in [0.15, 0.2) is 0 Å². The Bertz CT molecular complexity index is 107. The monoisotopic (exact) mass is 194 g/mol. The van der Waals surface area contributed by atoms with Crippen LogP contribution in [0.25, 0.3) is 0 Å². The summed E-state index contributed by atoms with van der Waals surface area (Å²) in [6.45, 7) is 11.3. The molecular weight excluding hydrogens is 176 g/mol. The van der Waals surface area contributed by atoms with E-state index in [1.165, 1.54) is 0 Å². The van der Waals surface area contributed by atoms with Gasteiger partial charge in [-0.1, -0.05) is 27.7 Å². The van der Waals surface area contributed by atoms with E-state index in [0.29, 0.717) is 11.1 Å². The first kappa shape index (κ1) is 11.5. The van der Waals surface area contributed by atoms with Crippen molar-refractivity contribution < 1.29 is 4.43 Å². The molecule has 0 rings (SSSR count). The molecule has 0 N–H and O–H groups in total. The van der Waals surface area contributed by atoms with E-state index in [-0.39, 0.29) is 0 Å². The lowest BCUT2D eigenvalue weighted by atomic mass is 10.5. The molecule has 0 heterocycles. The Hall–Kier alpha value is 0.467. The number of halogens is 1. The maximum atomic E-state index is 6.43. The predicted octanol–water partition coefficient (Wildman–Crippen LogP) is 3.52. The van der Waals surface area contributed by atoms with E-state index in [0.717, 1.165) is 6.61 Å². The summed E-state index contributed by atoms with van der Waals surface area (Å²) in [7, 11) is -1.93. The summed E-state index contributed by atoms with van der Waals surface area (Å²) >= 11 is 6.43. The standard InChI is InChI=1S/C8H19ClOSi/c1-6-10-11(9,7(2)3)8(4)5/h7-8H,6H2,1-5H3. The summed E-state index contributed by atoms with van der Waals surface area (Å²) in [5.41, 5.74) is 0.980. The van der Waals surface area contributed by atoms with Gasteiger partial charge in [0.25, 0.3) is 7.63 Å². The average Bonchev–Trinajstić information content (AvgIpc) is 1.87. The van der Waals surface area contributed by atoms with Gasteiger partial charge in [-0.2, -0.15) is 0 Å². The molecule has 11 heavy (non-hydrogen) atoms. The average molecular weight is 195 g/mol. The topological polar surface area (TPSA) is 9.23 Å². The summed E-state index contributed by atoms with van der Waals surface area (Å²) in [4.78, 5) is 0. The molecule has 0 bridgehead atoms. The molecule has 1 nitrogen and oxygen atoms in total. The van der Waals surface area contributed by atoms with Gasteiger partial charge in [0.2, 0.25) is 0 Å². The van der Waals surface area contributed by atoms with E-state index in [2.05, 4.69) is 27.7 Å². The predicted molar refractivity (Wildman–Crippen MR) is 53.4 cm³/mol. The Balaban J connectivity index is 4.26. The zero-order valence-electron chi connectivity index (χ0n) is 8.15. The van der Waals surface area contributed by atoms with Crippen molar-refractivity contribution >= 4 is 18.7 Å². The van der Waals surface area contributed by atoms with Gasteiger partial charge in [0.15, 0.2) is 0 Å². The fourth-order valence-corrected chi connectivity index (χ4v) is 3.99. The fraction of sp³-hybridized carbons (Fsp3) is 1.00. The highest BCUT2D eigenvalue weighted by atomic mass is 35.6. The van der Waals surface area contributed by atoms with Crippen LogP contribution in [0.3, 0.4) is 0 Å². The van der Waals surface area contributed by atoms with Crippen LogP contribution in [-0.4, -0.2) is 14.2 Å². The van der Waals surface area contributed by atoms with Gasteiger partial charge in [-0.25, -0.2) is 0 Å². The third-order valence-electron chi connectivity index (χ3n) is 1.94. The molecule has 0 aliphatic heterocycles. The second kappa shape index (κ2) is 4.48. The lowest BCUT2D eigenvalue weighted by molar-refractivity contribution is 0.321. The smallest absolute Gasteiger partial charge is 0.295 e. The molecule has 3 heteroatoms. The van der Waals surface area contributed by atoms with Crippen LogP contribution in [0, 0.1) is 0 Å². The van der Waals surface area contributed by atoms with E-state index in [1.807, 2.05) is 6.92 Å². The molecule has 0 aliphatic carbocycles. The second-order valence-electron chi connectivity index (χ2n) is 3.44. The Morgan fingerprint density at radius 2 is 1.55 bits per heavy atom. The van der Waals surface area contributed by atoms with Crippen molar-refractivity contribution in [3.05, 3.63) is 0 Å². The molecule has 0 fully saturated rings. The second-order valence-corrected chi connectivity index (χ2v) is 9.21. The first-order chi connectivity index (χ1) is 4.95. The van der Waals surface area contributed by atoms with E-state index in [9.17, 15) is 0 Å². The third-order valence-corrected chi connectivity index (χ3v) is 8.77. The SMILES string of the molecule is CCO[Si](Cl)(C(C)C)C(C)C. The molecule has 0 saturated carbocycles. The zero-order valence-corrected chi connectivity index (χ0v) is 9.90.